The van der Waals surface area contributed by atoms with Crippen molar-refractivity contribution in [2.75, 3.05) is 5.32 Å². The molecule has 0 radical (unpaired) electrons. The first-order chi connectivity index (χ1) is 14.6. The van der Waals surface area contributed by atoms with Crippen molar-refractivity contribution >= 4 is 22.3 Å². The summed E-state index contributed by atoms with van der Waals surface area (Å²) in [5.41, 5.74) is 1.60. The third-order valence-corrected chi connectivity index (χ3v) is 5.06. The van der Waals surface area contributed by atoms with Crippen LogP contribution in [0.25, 0.3) is 22.0 Å². The SMILES string of the molecule is CC(C)(C)c1ccc(Nc2nncc3cc(-c4ncccc4C(F)(F)F)ccc23)cc1. The van der Waals surface area contributed by atoms with Crippen LogP contribution in [0.2, 0.25) is 0 Å². The van der Waals surface area contributed by atoms with Crippen LogP contribution in [0.15, 0.2) is 67.0 Å². The van der Waals surface area contributed by atoms with Crippen molar-refractivity contribution < 1.29 is 13.2 Å². The van der Waals surface area contributed by atoms with E-state index in [-0.39, 0.29) is 11.1 Å². The Hall–Kier alpha value is -3.48. The second-order valence-corrected chi connectivity index (χ2v) is 8.34. The maximum absolute atomic E-state index is 13.4. The average Bonchev–Trinajstić information content (AvgIpc) is 2.73. The molecule has 1 N–H and O–H groups in total. The zero-order valence-electron chi connectivity index (χ0n) is 17.3. The van der Waals surface area contributed by atoms with Crippen molar-refractivity contribution in [3.05, 3.63) is 78.1 Å². The van der Waals surface area contributed by atoms with Gasteiger partial charge in [-0.1, -0.05) is 39.0 Å². The molecule has 0 atom stereocenters. The van der Waals surface area contributed by atoms with Crippen LogP contribution in [-0.2, 0) is 11.6 Å². The van der Waals surface area contributed by atoms with Crippen LogP contribution in [0.5, 0.6) is 0 Å². The van der Waals surface area contributed by atoms with Crippen molar-refractivity contribution in [3.63, 3.8) is 0 Å². The van der Waals surface area contributed by atoms with Gasteiger partial charge in [0.2, 0.25) is 0 Å². The van der Waals surface area contributed by atoms with Gasteiger partial charge in [0.1, 0.15) is 0 Å². The molecular formula is C24H21F3N4. The van der Waals surface area contributed by atoms with Crippen LogP contribution in [0.4, 0.5) is 24.7 Å². The predicted octanol–water partition coefficient (Wildman–Crippen LogP) is 6.75. The number of benzene rings is 2. The van der Waals surface area contributed by atoms with Gasteiger partial charge >= 0.3 is 6.18 Å². The Balaban J connectivity index is 1.70. The van der Waals surface area contributed by atoms with Crippen LogP contribution in [0, 0.1) is 0 Å². The highest BCUT2D eigenvalue weighted by Gasteiger charge is 2.34. The summed E-state index contributed by atoms with van der Waals surface area (Å²) in [5, 5.41) is 12.9. The highest BCUT2D eigenvalue weighted by molar-refractivity contribution is 5.95. The lowest BCUT2D eigenvalue weighted by molar-refractivity contribution is -0.137. The summed E-state index contributed by atoms with van der Waals surface area (Å²) in [5.74, 6) is 0.532. The number of aromatic nitrogens is 3. The van der Waals surface area contributed by atoms with Crippen molar-refractivity contribution in [1.82, 2.24) is 15.2 Å². The third-order valence-electron chi connectivity index (χ3n) is 5.06. The molecule has 158 valence electrons. The second kappa shape index (κ2) is 7.65. The van der Waals surface area contributed by atoms with Gasteiger partial charge in [0.15, 0.2) is 5.82 Å². The van der Waals surface area contributed by atoms with E-state index in [9.17, 15) is 13.2 Å². The standard InChI is InChI=1S/C24H21F3N4/c1-23(2,3)17-7-9-18(10-8-17)30-22-19-11-6-15(13-16(19)14-29-31-22)21-20(24(25,26)27)5-4-12-28-21/h4-14H,1-3H3,(H,30,31). The number of rotatable bonds is 3. The van der Waals surface area contributed by atoms with Gasteiger partial charge in [-0.2, -0.15) is 18.3 Å². The molecular weight excluding hydrogens is 401 g/mol. The van der Waals surface area contributed by atoms with Gasteiger partial charge in [-0.15, -0.1) is 5.10 Å². The summed E-state index contributed by atoms with van der Waals surface area (Å²) in [6.07, 6.45) is -1.60. The predicted molar refractivity (Wildman–Crippen MR) is 116 cm³/mol. The molecule has 0 spiro atoms. The van der Waals surface area contributed by atoms with Crippen LogP contribution in [0.1, 0.15) is 31.9 Å². The van der Waals surface area contributed by atoms with E-state index >= 15 is 0 Å². The minimum absolute atomic E-state index is 0.0505. The number of nitrogens with one attached hydrogen (secondary N) is 1. The van der Waals surface area contributed by atoms with Crippen molar-refractivity contribution in [2.45, 2.75) is 32.4 Å². The number of halogens is 3. The molecule has 2 heterocycles. The quantitative estimate of drug-likeness (QED) is 0.397. The Morgan fingerprint density at radius 2 is 1.65 bits per heavy atom. The Bertz CT molecular complexity index is 1230. The average molecular weight is 422 g/mol. The minimum atomic E-state index is -4.49. The molecule has 0 amide bonds. The Kier molecular flexibility index (Phi) is 5.13. The van der Waals surface area contributed by atoms with Crippen LogP contribution < -0.4 is 5.32 Å². The van der Waals surface area contributed by atoms with E-state index in [1.807, 2.05) is 12.1 Å². The molecule has 2 aromatic carbocycles. The summed E-state index contributed by atoms with van der Waals surface area (Å²) < 4.78 is 40.2. The lowest BCUT2D eigenvalue weighted by atomic mass is 9.87. The van der Waals surface area contributed by atoms with Gasteiger partial charge < -0.3 is 5.32 Å². The largest absolute Gasteiger partial charge is 0.418 e. The van der Waals surface area contributed by atoms with E-state index in [4.69, 9.17) is 0 Å². The fourth-order valence-electron chi connectivity index (χ4n) is 3.38. The number of alkyl halides is 3. The molecule has 0 aliphatic heterocycles. The highest BCUT2D eigenvalue weighted by atomic mass is 19.4. The summed E-state index contributed by atoms with van der Waals surface area (Å²) >= 11 is 0. The fraction of sp³-hybridized carbons (Fsp3) is 0.208. The first-order valence-electron chi connectivity index (χ1n) is 9.78. The van der Waals surface area contributed by atoms with Gasteiger partial charge in [-0.05, 0) is 47.4 Å². The zero-order chi connectivity index (χ0) is 22.2. The van der Waals surface area contributed by atoms with Crippen molar-refractivity contribution in [1.29, 1.82) is 0 Å². The molecule has 4 rings (SSSR count). The highest BCUT2D eigenvalue weighted by Crippen LogP contribution is 2.37. The molecule has 4 aromatic rings. The topological polar surface area (TPSA) is 50.7 Å². The molecule has 0 bridgehead atoms. The van der Waals surface area contributed by atoms with Gasteiger partial charge in [0.25, 0.3) is 0 Å². The number of nitrogens with zero attached hydrogens (tertiary/aromatic N) is 3. The number of hydrogen-bond acceptors (Lipinski definition) is 4. The number of fused-ring (bicyclic) bond motifs is 1. The molecule has 0 saturated carbocycles. The molecule has 2 aromatic heterocycles. The monoisotopic (exact) mass is 422 g/mol. The van der Waals surface area contributed by atoms with Gasteiger partial charge in [-0.3, -0.25) is 4.98 Å². The third kappa shape index (κ3) is 4.35. The van der Waals surface area contributed by atoms with E-state index in [0.717, 1.165) is 17.1 Å². The first kappa shape index (κ1) is 20.8. The van der Waals surface area contributed by atoms with E-state index in [1.165, 1.54) is 24.0 Å². The molecule has 4 nitrogen and oxygen atoms in total. The van der Waals surface area contributed by atoms with Crippen molar-refractivity contribution in [2.24, 2.45) is 0 Å². The van der Waals surface area contributed by atoms with Gasteiger partial charge in [-0.25, -0.2) is 0 Å². The summed E-state index contributed by atoms with van der Waals surface area (Å²) in [6, 6.07) is 15.4. The Morgan fingerprint density at radius 3 is 2.32 bits per heavy atom. The van der Waals surface area contributed by atoms with Crippen LogP contribution in [-0.4, -0.2) is 15.2 Å². The summed E-state index contributed by atoms with van der Waals surface area (Å²) in [6.45, 7) is 6.44. The molecule has 0 unspecified atom stereocenters. The van der Waals surface area contributed by atoms with Crippen LogP contribution in [0.3, 0.4) is 0 Å². The minimum Gasteiger partial charge on any atom is -0.338 e. The number of hydrogen-bond donors (Lipinski definition) is 1. The van der Waals surface area contributed by atoms with E-state index in [2.05, 4.69) is 53.4 Å². The lowest BCUT2D eigenvalue weighted by Crippen LogP contribution is -2.10. The van der Waals surface area contributed by atoms with Gasteiger partial charge in [0.05, 0.1) is 17.5 Å². The maximum atomic E-state index is 13.4. The Morgan fingerprint density at radius 1 is 0.903 bits per heavy atom. The normalized spacial score (nSPS) is 12.2. The van der Waals surface area contributed by atoms with Crippen molar-refractivity contribution in [3.8, 4) is 11.3 Å². The first-order valence-corrected chi connectivity index (χ1v) is 9.78. The Labute approximate surface area is 178 Å². The molecule has 0 fully saturated rings. The maximum Gasteiger partial charge on any atom is 0.418 e. The smallest absolute Gasteiger partial charge is 0.338 e. The summed E-state index contributed by atoms with van der Waals surface area (Å²) in [7, 11) is 0. The molecule has 0 saturated heterocycles. The molecule has 0 aliphatic rings. The second-order valence-electron chi connectivity index (χ2n) is 8.34. The van der Waals surface area contributed by atoms with Gasteiger partial charge in [0, 0.05) is 28.2 Å². The van der Waals surface area contributed by atoms with E-state index in [0.29, 0.717) is 16.8 Å². The number of pyridine rings is 1. The fourth-order valence-corrected chi connectivity index (χ4v) is 3.38. The summed E-state index contributed by atoms with van der Waals surface area (Å²) in [4.78, 5) is 3.97. The zero-order valence-corrected chi connectivity index (χ0v) is 17.3. The van der Waals surface area contributed by atoms with E-state index < -0.39 is 11.7 Å². The lowest BCUT2D eigenvalue weighted by Gasteiger charge is -2.19. The molecule has 0 aliphatic carbocycles. The van der Waals surface area contributed by atoms with E-state index in [1.54, 1.807) is 18.2 Å². The number of anilines is 2. The molecule has 7 heteroatoms. The molecule has 31 heavy (non-hydrogen) atoms. The van der Waals surface area contributed by atoms with Crippen LogP contribution >= 0.6 is 0 Å².